The quantitative estimate of drug-likeness (QED) is 0.631. The molecule has 1 unspecified atom stereocenters. The first-order chi connectivity index (χ1) is 16.9. The number of piperidine rings is 1. The molecule has 2 fully saturated rings. The summed E-state index contributed by atoms with van der Waals surface area (Å²) in [5, 5.41) is 0. The van der Waals surface area contributed by atoms with Gasteiger partial charge in [0, 0.05) is 39.3 Å². The van der Waals surface area contributed by atoms with Crippen LogP contribution in [0.3, 0.4) is 0 Å². The van der Waals surface area contributed by atoms with Gasteiger partial charge in [0.2, 0.25) is 11.8 Å². The largest absolute Gasteiger partial charge is 0.434 e. The van der Waals surface area contributed by atoms with Crippen molar-refractivity contribution in [1.82, 2.24) is 14.7 Å². The van der Waals surface area contributed by atoms with Gasteiger partial charge < -0.3 is 19.4 Å². The van der Waals surface area contributed by atoms with Gasteiger partial charge >= 0.3 is 6.61 Å². The first-order valence-electron chi connectivity index (χ1n) is 11.9. The van der Waals surface area contributed by atoms with Crippen LogP contribution < -0.4 is 4.74 Å². The van der Waals surface area contributed by atoms with E-state index in [2.05, 4.69) is 4.74 Å². The summed E-state index contributed by atoms with van der Waals surface area (Å²) in [6, 6.07) is 15.5. The molecule has 0 spiro atoms. The molecule has 0 radical (unpaired) electrons. The second-order valence-corrected chi connectivity index (χ2v) is 8.83. The Kier molecular flexibility index (Phi) is 7.94. The van der Waals surface area contributed by atoms with E-state index in [4.69, 9.17) is 0 Å². The minimum absolute atomic E-state index is 0.00394. The Morgan fingerprint density at radius 3 is 2.23 bits per heavy atom. The van der Waals surface area contributed by atoms with Gasteiger partial charge in [-0.15, -0.1) is 0 Å². The number of carbonyl (C=O) groups is 3. The molecule has 2 aromatic rings. The number of hydrogen-bond acceptors (Lipinski definition) is 4. The van der Waals surface area contributed by atoms with E-state index in [1.54, 1.807) is 20.8 Å². The summed E-state index contributed by atoms with van der Waals surface area (Å²) >= 11 is 0. The lowest BCUT2D eigenvalue weighted by Crippen LogP contribution is -2.54. The number of piperazine rings is 1. The number of likely N-dealkylation sites (tertiary alicyclic amines) is 1. The number of nitrogens with zero attached hydrogens (tertiary/aromatic N) is 3. The fourth-order valence-electron chi connectivity index (χ4n) is 4.69. The van der Waals surface area contributed by atoms with Crippen molar-refractivity contribution in [1.29, 1.82) is 0 Å². The normalized spacial score (nSPS) is 18.5. The Morgan fingerprint density at radius 2 is 1.51 bits per heavy atom. The van der Waals surface area contributed by atoms with Gasteiger partial charge in [-0.25, -0.2) is 0 Å². The molecule has 186 valence electrons. The molecular weight excluding hydrogens is 456 g/mol. The zero-order chi connectivity index (χ0) is 24.8. The van der Waals surface area contributed by atoms with Gasteiger partial charge in [0.1, 0.15) is 5.75 Å². The van der Waals surface area contributed by atoms with Crippen molar-refractivity contribution in [2.75, 3.05) is 39.3 Å². The summed E-state index contributed by atoms with van der Waals surface area (Å²) in [6.45, 7) is -0.644. The van der Waals surface area contributed by atoms with E-state index in [0.717, 1.165) is 18.4 Å². The standard InChI is InChI=1S/C26H29F2N3O4/c27-26(28)35-22-11-5-4-10-21(22)25(34)30-15-13-29(14-16-30)24(33)20-9-6-12-31(18-20)23(32)17-19-7-2-1-3-8-19/h1-5,7-8,10-11,20,26H,6,9,12-18H2. The topological polar surface area (TPSA) is 70.2 Å². The molecule has 3 amide bonds. The molecule has 0 N–H and O–H groups in total. The molecule has 9 heteroatoms. The fourth-order valence-corrected chi connectivity index (χ4v) is 4.69. The minimum Gasteiger partial charge on any atom is -0.434 e. The van der Waals surface area contributed by atoms with Crippen molar-refractivity contribution in [2.24, 2.45) is 5.92 Å². The van der Waals surface area contributed by atoms with Gasteiger partial charge in [-0.05, 0) is 30.5 Å². The van der Waals surface area contributed by atoms with Crippen LogP contribution in [0, 0.1) is 5.92 Å². The second kappa shape index (κ2) is 11.3. The lowest BCUT2D eigenvalue weighted by molar-refractivity contribution is -0.141. The summed E-state index contributed by atoms with van der Waals surface area (Å²) in [5.74, 6) is -0.799. The van der Waals surface area contributed by atoms with Crippen LogP contribution in [0.2, 0.25) is 0 Å². The van der Waals surface area contributed by atoms with Gasteiger partial charge in [-0.3, -0.25) is 14.4 Å². The van der Waals surface area contributed by atoms with Crippen molar-refractivity contribution in [3.63, 3.8) is 0 Å². The number of hydrogen-bond donors (Lipinski definition) is 0. The third-order valence-corrected chi connectivity index (χ3v) is 6.53. The number of carbonyl (C=O) groups excluding carboxylic acids is 3. The van der Waals surface area contributed by atoms with Crippen LogP contribution >= 0.6 is 0 Å². The number of alkyl halides is 2. The van der Waals surface area contributed by atoms with Crippen LogP contribution in [-0.4, -0.2) is 78.3 Å². The van der Waals surface area contributed by atoms with Crippen LogP contribution in [0.1, 0.15) is 28.8 Å². The van der Waals surface area contributed by atoms with E-state index in [9.17, 15) is 23.2 Å². The van der Waals surface area contributed by atoms with Crippen LogP contribution in [0.15, 0.2) is 54.6 Å². The van der Waals surface area contributed by atoms with Gasteiger partial charge in [0.05, 0.1) is 17.9 Å². The van der Waals surface area contributed by atoms with Crippen LogP contribution in [0.4, 0.5) is 8.78 Å². The Balaban J connectivity index is 1.31. The molecule has 0 aliphatic carbocycles. The summed E-state index contributed by atoms with van der Waals surface area (Å²) in [6.07, 6.45) is 1.82. The van der Waals surface area contributed by atoms with Crippen molar-refractivity contribution in [3.8, 4) is 5.75 Å². The Labute approximate surface area is 203 Å². The molecule has 0 saturated carbocycles. The van der Waals surface area contributed by atoms with Crippen LogP contribution in [0.25, 0.3) is 0 Å². The zero-order valence-corrected chi connectivity index (χ0v) is 19.4. The van der Waals surface area contributed by atoms with Crippen molar-refractivity contribution < 1.29 is 27.9 Å². The van der Waals surface area contributed by atoms with E-state index >= 15 is 0 Å². The van der Waals surface area contributed by atoms with Crippen LogP contribution in [0.5, 0.6) is 5.75 Å². The fraction of sp³-hybridized carbons (Fsp3) is 0.423. The number of ether oxygens (including phenoxy) is 1. The smallest absolute Gasteiger partial charge is 0.387 e. The van der Waals surface area contributed by atoms with E-state index in [1.807, 2.05) is 30.3 Å². The highest BCUT2D eigenvalue weighted by Gasteiger charge is 2.33. The molecule has 7 nitrogen and oxygen atoms in total. The predicted octanol–water partition coefficient (Wildman–Crippen LogP) is 3.05. The molecule has 4 rings (SSSR count). The van der Waals surface area contributed by atoms with Crippen molar-refractivity contribution in [2.45, 2.75) is 25.9 Å². The lowest BCUT2D eigenvalue weighted by atomic mass is 9.95. The Bertz CT molecular complexity index is 1040. The van der Waals surface area contributed by atoms with E-state index < -0.39 is 12.5 Å². The molecule has 1 atom stereocenters. The average molecular weight is 486 g/mol. The van der Waals surface area contributed by atoms with Gasteiger partial charge in [-0.1, -0.05) is 42.5 Å². The summed E-state index contributed by atoms with van der Waals surface area (Å²) in [7, 11) is 0. The van der Waals surface area contributed by atoms with E-state index in [-0.39, 0.29) is 29.0 Å². The first-order valence-corrected chi connectivity index (χ1v) is 11.9. The Morgan fingerprint density at radius 1 is 0.857 bits per heavy atom. The summed E-state index contributed by atoms with van der Waals surface area (Å²) < 4.78 is 29.9. The first kappa shape index (κ1) is 24.6. The molecule has 2 aliphatic heterocycles. The number of para-hydroxylation sites is 1. The highest BCUT2D eigenvalue weighted by atomic mass is 19.3. The second-order valence-electron chi connectivity index (χ2n) is 8.83. The number of rotatable bonds is 6. The van der Waals surface area contributed by atoms with E-state index in [1.165, 1.54) is 18.2 Å². The molecule has 2 aliphatic rings. The molecule has 2 saturated heterocycles. The average Bonchev–Trinajstić information content (AvgIpc) is 2.88. The number of halogens is 2. The molecule has 0 aromatic heterocycles. The maximum absolute atomic E-state index is 13.2. The molecular formula is C26H29F2N3O4. The Hall–Kier alpha value is -3.49. The predicted molar refractivity (Wildman–Crippen MR) is 125 cm³/mol. The molecule has 2 aromatic carbocycles. The van der Waals surface area contributed by atoms with Gasteiger partial charge in [0.15, 0.2) is 0 Å². The maximum atomic E-state index is 13.2. The molecule has 2 heterocycles. The summed E-state index contributed by atoms with van der Waals surface area (Å²) in [4.78, 5) is 43.9. The SMILES string of the molecule is O=C(Cc1ccccc1)N1CCCC(C(=O)N2CCN(C(=O)c3ccccc3OC(F)F)CC2)C1. The van der Waals surface area contributed by atoms with Gasteiger partial charge in [-0.2, -0.15) is 8.78 Å². The van der Waals surface area contributed by atoms with Crippen molar-refractivity contribution in [3.05, 3.63) is 65.7 Å². The summed E-state index contributed by atoms with van der Waals surface area (Å²) in [5.41, 5.74) is 1.03. The van der Waals surface area contributed by atoms with Crippen molar-refractivity contribution >= 4 is 17.7 Å². The highest BCUT2D eigenvalue weighted by molar-refractivity contribution is 5.97. The number of amides is 3. The van der Waals surface area contributed by atoms with Crippen LogP contribution in [-0.2, 0) is 16.0 Å². The van der Waals surface area contributed by atoms with E-state index in [0.29, 0.717) is 45.7 Å². The third kappa shape index (κ3) is 6.15. The highest BCUT2D eigenvalue weighted by Crippen LogP contribution is 2.24. The number of benzene rings is 2. The maximum Gasteiger partial charge on any atom is 0.387 e. The zero-order valence-electron chi connectivity index (χ0n) is 19.4. The lowest BCUT2D eigenvalue weighted by Gasteiger charge is -2.39. The minimum atomic E-state index is -3.02. The third-order valence-electron chi connectivity index (χ3n) is 6.53. The molecule has 0 bridgehead atoms. The monoisotopic (exact) mass is 485 g/mol. The molecule has 35 heavy (non-hydrogen) atoms. The van der Waals surface area contributed by atoms with Gasteiger partial charge in [0.25, 0.3) is 5.91 Å².